The van der Waals surface area contributed by atoms with Crippen LogP contribution in [0.25, 0.3) is 0 Å². The Morgan fingerprint density at radius 1 is 1.24 bits per heavy atom. The Bertz CT molecular complexity index is 793. The predicted octanol–water partition coefficient (Wildman–Crippen LogP) is 2.82. The Morgan fingerprint density at radius 2 is 1.95 bits per heavy atom. The molecule has 110 valence electrons. The van der Waals surface area contributed by atoms with Crippen LogP contribution in [0.1, 0.15) is 5.56 Å². The molecule has 0 aliphatic rings. The number of nitrogens with two attached hydrogens (primary N) is 1. The third-order valence-corrected chi connectivity index (χ3v) is 4.77. The summed E-state index contributed by atoms with van der Waals surface area (Å²) in [6, 6.07) is 7.17. The Labute approximate surface area is 137 Å². The van der Waals surface area contributed by atoms with Gasteiger partial charge in [-0.05, 0) is 24.3 Å². The van der Waals surface area contributed by atoms with Gasteiger partial charge >= 0.3 is 0 Å². The number of hydrogen-bond donors (Lipinski definition) is 2. The molecule has 0 aliphatic heterocycles. The van der Waals surface area contributed by atoms with Crippen molar-refractivity contribution in [2.75, 3.05) is 4.72 Å². The third-order valence-electron chi connectivity index (χ3n) is 2.47. The van der Waals surface area contributed by atoms with E-state index in [1.54, 1.807) is 0 Å². The minimum absolute atomic E-state index is 0.0155. The lowest BCUT2D eigenvalue weighted by molar-refractivity contribution is 0.601. The summed E-state index contributed by atoms with van der Waals surface area (Å²) in [6.45, 7) is 0. The zero-order chi connectivity index (χ0) is 15.6. The average Bonchev–Trinajstić information content (AvgIpc) is 2.40. The van der Waals surface area contributed by atoms with Crippen LogP contribution in [0.2, 0.25) is 10.0 Å². The summed E-state index contributed by atoms with van der Waals surface area (Å²) in [5, 5.41) is 0.415. The zero-order valence-electron chi connectivity index (χ0n) is 10.4. The van der Waals surface area contributed by atoms with Gasteiger partial charge < -0.3 is 5.73 Å². The van der Waals surface area contributed by atoms with Gasteiger partial charge in [-0.15, -0.1) is 0 Å². The van der Waals surface area contributed by atoms with Crippen LogP contribution >= 0.6 is 35.4 Å². The van der Waals surface area contributed by atoms with Crippen LogP contribution < -0.4 is 10.5 Å². The summed E-state index contributed by atoms with van der Waals surface area (Å²) in [5.74, 6) is 0.133. The van der Waals surface area contributed by atoms with E-state index in [-0.39, 0.29) is 20.7 Å². The van der Waals surface area contributed by atoms with E-state index in [0.29, 0.717) is 10.6 Å². The SMILES string of the molecule is NC(=S)c1ccc(S(=O)(=O)Nc2ccc(Cl)cn2)c(Cl)c1. The number of rotatable bonds is 4. The highest BCUT2D eigenvalue weighted by Crippen LogP contribution is 2.24. The molecule has 0 aliphatic carbocycles. The van der Waals surface area contributed by atoms with Crippen molar-refractivity contribution in [2.45, 2.75) is 4.90 Å². The van der Waals surface area contributed by atoms with Crippen molar-refractivity contribution in [2.24, 2.45) is 5.73 Å². The lowest BCUT2D eigenvalue weighted by atomic mass is 10.2. The van der Waals surface area contributed by atoms with E-state index >= 15 is 0 Å². The van der Waals surface area contributed by atoms with Gasteiger partial charge in [-0.3, -0.25) is 4.72 Å². The van der Waals surface area contributed by atoms with Crippen LogP contribution in [0.5, 0.6) is 0 Å². The van der Waals surface area contributed by atoms with Crippen molar-refractivity contribution in [3.05, 3.63) is 52.1 Å². The van der Waals surface area contributed by atoms with E-state index in [4.69, 9.17) is 41.2 Å². The Hall–Kier alpha value is -1.41. The second-order valence-corrected chi connectivity index (χ2v) is 6.91. The molecule has 2 rings (SSSR count). The lowest BCUT2D eigenvalue weighted by Gasteiger charge is -2.09. The molecule has 2 aromatic rings. The van der Waals surface area contributed by atoms with Crippen molar-refractivity contribution < 1.29 is 8.42 Å². The molecule has 0 saturated heterocycles. The van der Waals surface area contributed by atoms with Gasteiger partial charge in [0.1, 0.15) is 15.7 Å². The maximum absolute atomic E-state index is 12.3. The number of anilines is 1. The smallest absolute Gasteiger partial charge is 0.264 e. The fraction of sp³-hybridized carbons (Fsp3) is 0. The standard InChI is InChI=1S/C12H9Cl2N3O2S2/c13-8-2-4-11(16-6-8)17-21(18,19)10-3-1-7(12(15)20)5-9(10)14/h1-6H,(H2,15,20)(H,16,17). The monoisotopic (exact) mass is 361 g/mol. The minimum atomic E-state index is -3.87. The van der Waals surface area contributed by atoms with Crippen molar-refractivity contribution >= 4 is 56.2 Å². The van der Waals surface area contributed by atoms with Crippen LogP contribution in [0.15, 0.2) is 41.4 Å². The van der Waals surface area contributed by atoms with Crippen molar-refractivity contribution in [1.82, 2.24) is 4.98 Å². The summed E-state index contributed by atoms with van der Waals surface area (Å²) in [7, 11) is -3.87. The maximum Gasteiger partial charge on any atom is 0.264 e. The molecule has 0 unspecified atom stereocenters. The average molecular weight is 362 g/mol. The van der Waals surface area contributed by atoms with Crippen LogP contribution in [-0.4, -0.2) is 18.4 Å². The van der Waals surface area contributed by atoms with Gasteiger partial charge in [0.2, 0.25) is 0 Å². The predicted molar refractivity (Wildman–Crippen MR) is 87.4 cm³/mol. The first kappa shape index (κ1) is 16.0. The van der Waals surface area contributed by atoms with Gasteiger partial charge in [0.25, 0.3) is 10.0 Å². The summed E-state index contributed by atoms with van der Waals surface area (Å²) in [4.78, 5) is 3.89. The number of nitrogens with zero attached hydrogens (tertiary/aromatic N) is 1. The molecular formula is C12H9Cl2N3O2S2. The van der Waals surface area contributed by atoms with Gasteiger partial charge in [0.15, 0.2) is 0 Å². The van der Waals surface area contributed by atoms with Crippen LogP contribution in [0.3, 0.4) is 0 Å². The summed E-state index contributed by atoms with van der Waals surface area (Å²) in [5.41, 5.74) is 5.95. The molecule has 1 aromatic carbocycles. The summed E-state index contributed by atoms with van der Waals surface area (Å²) < 4.78 is 26.8. The molecule has 0 atom stereocenters. The number of hydrogen-bond acceptors (Lipinski definition) is 4. The molecular weight excluding hydrogens is 353 g/mol. The fourth-order valence-corrected chi connectivity index (χ4v) is 3.29. The number of benzene rings is 1. The number of sulfonamides is 1. The highest BCUT2D eigenvalue weighted by atomic mass is 35.5. The van der Waals surface area contributed by atoms with Crippen molar-refractivity contribution in [3.63, 3.8) is 0 Å². The van der Waals surface area contributed by atoms with Crippen molar-refractivity contribution in [1.29, 1.82) is 0 Å². The van der Waals surface area contributed by atoms with Crippen molar-refractivity contribution in [3.8, 4) is 0 Å². The second kappa shape index (κ2) is 6.15. The molecule has 1 heterocycles. The number of nitrogens with one attached hydrogen (secondary N) is 1. The van der Waals surface area contributed by atoms with E-state index in [0.717, 1.165) is 0 Å². The zero-order valence-corrected chi connectivity index (χ0v) is 13.5. The van der Waals surface area contributed by atoms with Gasteiger partial charge in [-0.2, -0.15) is 0 Å². The first-order valence-electron chi connectivity index (χ1n) is 5.53. The molecule has 0 amide bonds. The number of pyridine rings is 1. The van der Waals surface area contributed by atoms with E-state index in [2.05, 4.69) is 9.71 Å². The molecule has 21 heavy (non-hydrogen) atoms. The van der Waals surface area contributed by atoms with Gasteiger partial charge in [-0.1, -0.05) is 41.5 Å². The lowest BCUT2D eigenvalue weighted by Crippen LogP contribution is -2.15. The molecule has 5 nitrogen and oxygen atoms in total. The summed E-state index contributed by atoms with van der Waals surface area (Å²) >= 11 is 16.5. The second-order valence-electron chi connectivity index (χ2n) is 3.98. The minimum Gasteiger partial charge on any atom is -0.389 e. The Balaban J connectivity index is 2.35. The first-order valence-corrected chi connectivity index (χ1v) is 8.18. The van der Waals surface area contributed by atoms with Crippen LogP contribution in [-0.2, 0) is 10.0 Å². The van der Waals surface area contributed by atoms with E-state index in [1.165, 1.54) is 36.5 Å². The first-order chi connectivity index (χ1) is 9.79. The Morgan fingerprint density at radius 3 is 2.48 bits per heavy atom. The van der Waals surface area contributed by atoms with E-state index in [9.17, 15) is 8.42 Å². The number of aromatic nitrogens is 1. The molecule has 9 heteroatoms. The molecule has 0 bridgehead atoms. The molecule has 3 N–H and O–H groups in total. The molecule has 0 radical (unpaired) electrons. The molecule has 0 saturated carbocycles. The van der Waals surface area contributed by atoms with Crippen LogP contribution in [0.4, 0.5) is 5.82 Å². The van der Waals surface area contributed by atoms with E-state index in [1.807, 2.05) is 0 Å². The highest BCUT2D eigenvalue weighted by molar-refractivity contribution is 7.92. The summed E-state index contributed by atoms with van der Waals surface area (Å²) in [6.07, 6.45) is 1.33. The number of halogens is 2. The third kappa shape index (κ3) is 3.82. The van der Waals surface area contributed by atoms with Gasteiger partial charge in [0.05, 0.1) is 10.0 Å². The quantitative estimate of drug-likeness (QED) is 0.817. The Kier molecular flexibility index (Phi) is 4.67. The van der Waals surface area contributed by atoms with E-state index < -0.39 is 10.0 Å². The molecule has 1 aromatic heterocycles. The van der Waals surface area contributed by atoms with Gasteiger partial charge in [-0.25, -0.2) is 13.4 Å². The van der Waals surface area contributed by atoms with Crippen LogP contribution in [0, 0.1) is 0 Å². The largest absolute Gasteiger partial charge is 0.389 e. The fourth-order valence-electron chi connectivity index (χ4n) is 1.50. The van der Waals surface area contributed by atoms with Gasteiger partial charge in [0, 0.05) is 11.8 Å². The molecule has 0 spiro atoms. The normalized spacial score (nSPS) is 11.1. The highest BCUT2D eigenvalue weighted by Gasteiger charge is 2.19. The topological polar surface area (TPSA) is 85.1 Å². The molecule has 0 fully saturated rings. The number of thiocarbonyl (C=S) groups is 1. The maximum atomic E-state index is 12.3.